The Morgan fingerprint density at radius 1 is 1.41 bits per heavy atom. The number of benzene rings is 1. The van der Waals surface area contributed by atoms with E-state index in [0.717, 1.165) is 11.0 Å². The molecule has 0 radical (unpaired) electrons. The van der Waals surface area contributed by atoms with Gasteiger partial charge in [-0.2, -0.15) is 5.26 Å². The molecule has 0 atom stereocenters. The maximum absolute atomic E-state index is 13.4. The minimum absolute atomic E-state index is 0.0318. The number of pyridine rings is 1. The minimum atomic E-state index is -1.21. The number of aromatic nitrogens is 3. The molecule has 9 heteroatoms. The number of amides is 1. The first kappa shape index (κ1) is 17.7. The van der Waals surface area contributed by atoms with E-state index in [2.05, 4.69) is 21.8 Å². The van der Waals surface area contributed by atoms with Gasteiger partial charge in [0.25, 0.3) is 0 Å². The number of nitrogens with two attached hydrogens (primary N) is 1. The Kier molecular flexibility index (Phi) is 4.36. The largest absolute Gasteiger partial charge is 0.465 e. The quantitative estimate of drug-likeness (QED) is 0.638. The summed E-state index contributed by atoms with van der Waals surface area (Å²) in [5, 5.41) is 18.1. The van der Waals surface area contributed by atoms with E-state index >= 15 is 0 Å². The maximum atomic E-state index is 13.4. The Morgan fingerprint density at radius 2 is 2.15 bits per heavy atom. The normalized spacial score (nSPS) is 10.1. The molecule has 0 aliphatic heterocycles. The first-order valence-electron chi connectivity index (χ1n) is 7.62. The van der Waals surface area contributed by atoms with Gasteiger partial charge in [0.05, 0.1) is 23.0 Å². The molecule has 8 nitrogen and oxygen atoms in total. The molecule has 0 bridgehead atoms. The van der Waals surface area contributed by atoms with Crippen LogP contribution in [-0.4, -0.2) is 32.8 Å². The van der Waals surface area contributed by atoms with Crippen molar-refractivity contribution < 1.29 is 14.3 Å². The fourth-order valence-corrected chi connectivity index (χ4v) is 2.50. The molecule has 0 unspecified atom stereocenters. The summed E-state index contributed by atoms with van der Waals surface area (Å²) >= 11 is 0. The zero-order chi connectivity index (χ0) is 19.7. The Labute approximate surface area is 153 Å². The van der Waals surface area contributed by atoms with Crippen LogP contribution in [0.15, 0.2) is 24.5 Å². The number of rotatable bonds is 1. The number of imidazole rings is 1. The van der Waals surface area contributed by atoms with Crippen LogP contribution in [0.2, 0.25) is 0 Å². The average molecular weight is 364 g/mol. The lowest BCUT2D eigenvalue weighted by atomic mass is 10.1. The van der Waals surface area contributed by atoms with E-state index in [0.29, 0.717) is 22.2 Å². The van der Waals surface area contributed by atoms with Crippen molar-refractivity contribution in [3.63, 3.8) is 0 Å². The standard InChI is InChI=1S/C18H13FN6O2/c1-24-9-22-14-15(24)12(16(21)23-17(14)25(2)18(26)27)5-3-10-4-6-13(19)11(7-10)8-20/h4,6-7,9H,1-2H3,(H2,21,23)(H,26,27). The lowest BCUT2D eigenvalue weighted by Crippen LogP contribution is -2.25. The summed E-state index contributed by atoms with van der Waals surface area (Å²) in [6.45, 7) is 0. The highest BCUT2D eigenvalue weighted by atomic mass is 19.1. The Morgan fingerprint density at radius 3 is 2.81 bits per heavy atom. The van der Waals surface area contributed by atoms with E-state index < -0.39 is 11.9 Å². The van der Waals surface area contributed by atoms with Gasteiger partial charge in [-0.3, -0.25) is 4.90 Å². The highest BCUT2D eigenvalue weighted by molar-refractivity contribution is 5.99. The SMILES string of the molecule is CN(C(=O)O)c1nc(N)c(C#Cc2ccc(F)c(C#N)c2)c2c1ncn2C. The van der Waals surface area contributed by atoms with Crippen molar-refractivity contribution >= 4 is 28.8 Å². The van der Waals surface area contributed by atoms with Crippen molar-refractivity contribution in [1.82, 2.24) is 14.5 Å². The number of anilines is 2. The van der Waals surface area contributed by atoms with Crippen LogP contribution < -0.4 is 10.6 Å². The van der Waals surface area contributed by atoms with Gasteiger partial charge in [0, 0.05) is 19.7 Å². The van der Waals surface area contributed by atoms with Crippen LogP contribution in [0.4, 0.5) is 20.8 Å². The molecule has 1 aromatic carbocycles. The molecule has 3 rings (SSSR count). The molecule has 0 saturated carbocycles. The number of nitrogen functional groups attached to an aromatic ring is 1. The first-order valence-corrected chi connectivity index (χ1v) is 7.62. The van der Waals surface area contributed by atoms with Crippen molar-refractivity contribution in [2.24, 2.45) is 7.05 Å². The van der Waals surface area contributed by atoms with Crippen LogP contribution in [0.25, 0.3) is 11.0 Å². The summed E-state index contributed by atoms with van der Waals surface area (Å²) in [4.78, 5) is 20.5. The third-order valence-corrected chi connectivity index (χ3v) is 3.89. The van der Waals surface area contributed by atoms with Gasteiger partial charge in [-0.1, -0.05) is 11.8 Å². The van der Waals surface area contributed by atoms with Crippen LogP contribution in [0.5, 0.6) is 0 Å². The number of nitriles is 1. The van der Waals surface area contributed by atoms with E-state index in [-0.39, 0.29) is 17.2 Å². The summed E-state index contributed by atoms with van der Waals surface area (Å²) < 4.78 is 15.1. The van der Waals surface area contributed by atoms with Gasteiger partial charge in [-0.15, -0.1) is 0 Å². The Bertz CT molecular complexity index is 1180. The van der Waals surface area contributed by atoms with Crippen molar-refractivity contribution in [1.29, 1.82) is 5.26 Å². The zero-order valence-corrected chi connectivity index (χ0v) is 14.4. The third-order valence-electron chi connectivity index (χ3n) is 3.89. The molecular formula is C18H13FN6O2. The maximum Gasteiger partial charge on any atom is 0.412 e. The molecule has 3 aromatic rings. The van der Waals surface area contributed by atoms with Crippen LogP contribution in [0.3, 0.4) is 0 Å². The molecule has 0 aliphatic carbocycles. The topological polar surface area (TPSA) is 121 Å². The molecule has 2 aromatic heterocycles. The number of carbonyl (C=O) groups is 1. The molecule has 27 heavy (non-hydrogen) atoms. The molecule has 0 aliphatic rings. The number of halogens is 1. The Balaban J connectivity index is 2.19. The second-order valence-electron chi connectivity index (χ2n) is 5.65. The first-order chi connectivity index (χ1) is 12.8. The molecule has 0 fully saturated rings. The van der Waals surface area contributed by atoms with Crippen molar-refractivity contribution in [2.45, 2.75) is 0 Å². The predicted octanol–water partition coefficient (Wildman–Crippen LogP) is 2.08. The summed E-state index contributed by atoms with van der Waals surface area (Å²) in [5.41, 5.74) is 7.53. The van der Waals surface area contributed by atoms with Crippen LogP contribution in [0, 0.1) is 29.0 Å². The molecule has 3 N–H and O–H groups in total. The predicted molar refractivity (Wildman–Crippen MR) is 96.4 cm³/mol. The summed E-state index contributed by atoms with van der Waals surface area (Å²) in [5.74, 6) is 5.19. The molecular weight excluding hydrogens is 351 g/mol. The lowest BCUT2D eigenvalue weighted by Gasteiger charge is -2.14. The van der Waals surface area contributed by atoms with Crippen LogP contribution >= 0.6 is 0 Å². The van der Waals surface area contributed by atoms with E-state index in [4.69, 9.17) is 11.0 Å². The van der Waals surface area contributed by atoms with Gasteiger partial charge < -0.3 is 15.4 Å². The zero-order valence-electron chi connectivity index (χ0n) is 14.4. The van der Waals surface area contributed by atoms with E-state index in [9.17, 15) is 14.3 Å². The molecule has 134 valence electrons. The second-order valence-corrected chi connectivity index (χ2v) is 5.65. The highest BCUT2D eigenvalue weighted by Crippen LogP contribution is 2.29. The second kappa shape index (κ2) is 6.65. The van der Waals surface area contributed by atoms with Crippen molar-refractivity contribution in [3.8, 4) is 17.9 Å². The smallest absolute Gasteiger partial charge is 0.412 e. The molecule has 0 spiro atoms. The minimum Gasteiger partial charge on any atom is -0.465 e. The van der Waals surface area contributed by atoms with Crippen molar-refractivity contribution in [3.05, 3.63) is 47.0 Å². The number of hydrogen-bond acceptors (Lipinski definition) is 5. The van der Waals surface area contributed by atoms with Crippen molar-refractivity contribution in [2.75, 3.05) is 17.7 Å². The van der Waals surface area contributed by atoms with E-state index in [1.165, 1.54) is 25.5 Å². The van der Waals surface area contributed by atoms with Crippen LogP contribution in [0.1, 0.15) is 16.7 Å². The van der Waals surface area contributed by atoms with Gasteiger partial charge in [0.2, 0.25) is 0 Å². The average Bonchev–Trinajstić information content (AvgIpc) is 3.02. The summed E-state index contributed by atoms with van der Waals surface area (Å²) in [6, 6.07) is 5.69. The molecule has 0 saturated heterocycles. The Hall–Kier alpha value is -4.11. The van der Waals surface area contributed by atoms with Crippen LogP contribution in [-0.2, 0) is 7.05 Å². The van der Waals surface area contributed by atoms with E-state index in [1.54, 1.807) is 17.7 Å². The highest BCUT2D eigenvalue weighted by Gasteiger charge is 2.20. The molecule has 2 heterocycles. The van der Waals surface area contributed by atoms with Gasteiger partial charge in [-0.25, -0.2) is 19.2 Å². The molecule has 1 amide bonds. The van der Waals surface area contributed by atoms with Gasteiger partial charge >= 0.3 is 6.09 Å². The number of carboxylic acid groups (broad SMARTS) is 1. The number of hydrogen-bond donors (Lipinski definition) is 2. The summed E-state index contributed by atoms with van der Waals surface area (Å²) in [7, 11) is 3.06. The lowest BCUT2D eigenvalue weighted by molar-refractivity contribution is 0.203. The monoisotopic (exact) mass is 364 g/mol. The number of nitrogens with zero attached hydrogens (tertiary/aromatic N) is 5. The van der Waals surface area contributed by atoms with Gasteiger partial charge in [0.15, 0.2) is 5.82 Å². The van der Waals surface area contributed by atoms with Gasteiger partial charge in [-0.05, 0) is 18.2 Å². The summed E-state index contributed by atoms with van der Waals surface area (Å²) in [6.07, 6.45) is 0.296. The van der Waals surface area contributed by atoms with E-state index in [1.807, 2.05) is 0 Å². The fourth-order valence-electron chi connectivity index (χ4n) is 2.50. The number of fused-ring (bicyclic) bond motifs is 1. The third kappa shape index (κ3) is 3.10. The number of aryl methyl sites for hydroxylation is 1. The van der Waals surface area contributed by atoms with Gasteiger partial charge in [0.1, 0.15) is 23.2 Å². The fraction of sp³-hybridized carbons (Fsp3) is 0.111.